The number of nitrogens with two attached hydrogens (primary N) is 1. The second kappa shape index (κ2) is 8.05. The summed E-state index contributed by atoms with van der Waals surface area (Å²) in [6.45, 7) is 5.98. The van der Waals surface area contributed by atoms with E-state index in [0.29, 0.717) is 22.5 Å². The van der Waals surface area contributed by atoms with Gasteiger partial charge < -0.3 is 19.8 Å². The Morgan fingerprint density at radius 3 is 2.55 bits per heavy atom. The van der Waals surface area contributed by atoms with E-state index in [1.807, 2.05) is 61.9 Å². The predicted molar refractivity (Wildman–Crippen MR) is 123 cm³/mol. The highest BCUT2D eigenvalue weighted by Crippen LogP contribution is 2.38. The highest BCUT2D eigenvalue weighted by atomic mass is 35.5. The van der Waals surface area contributed by atoms with E-state index in [1.165, 1.54) is 0 Å². The van der Waals surface area contributed by atoms with Gasteiger partial charge in [-0.3, -0.25) is 0 Å². The van der Waals surface area contributed by atoms with Crippen LogP contribution < -0.4 is 19.8 Å². The number of aliphatic imine (C=N–C) groups is 1. The van der Waals surface area contributed by atoms with Crippen LogP contribution in [0.1, 0.15) is 19.5 Å². The molecule has 0 aliphatic carbocycles. The third-order valence-corrected chi connectivity index (χ3v) is 5.41. The molecule has 160 valence electrons. The molecule has 1 unspecified atom stereocenters. The largest absolute Gasteiger partial charge is 0.494 e. The first-order chi connectivity index (χ1) is 14.8. The first kappa shape index (κ1) is 20.9. The number of ether oxygens (including phenoxy) is 2. The number of benzene rings is 2. The van der Waals surface area contributed by atoms with E-state index >= 15 is 0 Å². The molecule has 1 atom stereocenters. The SMILES string of the molecule is COc1cc([N+]2(C(C)C)N=C(N)N=C2Oc2ccccc2Cl)ccc1-n1cnc(C)c1. The van der Waals surface area contributed by atoms with Gasteiger partial charge in [0.1, 0.15) is 11.8 Å². The molecule has 0 saturated heterocycles. The van der Waals surface area contributed by atoms with E-state index in [9.17, 15) is 0 Å². The summed E-state index contributed by atoms with van der Waals surface area (Å²) in [5, 5.41) is 5.14. The standard InChI is InChI=1S/C22H24ClN6O2/c1-14(2)29(22(26-21(24)27-29)31-19-8-6-5-7-17(19)23)16-9-10-18(20(11-16)30-4)28-12-15(3)25-13-28/h5-14H,1-4H3,(H2,24,27)/q+1. The zero-order valence-corrected chi connectivity index (χ0v) is 18.5. The van der Waals surface area contributed by atoms with Crippen LogP contribution in [-0.4, -0.2) is 34.7 Å². The lowest BCUT2D eigenvalue weighted by molar-refractivity contribution is 0.307. The molecule has 31 heavy (non-hydrogen) atoms. The molecule has 4 rings (SSSR count). The second-order valence-electron chi connectivity index (χ2n) is 7.44. The van der Waals surface area contributed by atoms with Crippen molar-refractivity contribution in [2.24, 2.45) is 15.8 Å². The number of hydrogen-bond acceptors (Lipinski definition) is 6. The number of quaternary nitrogens is 1. The average Bonchev–Trinajstić information content (AvgIpc) is 3.32. The van der Waals surface area contributed by atoms with Gasteiger partial charge in [-0.2, -0.15) is 0 Å². The summed E-state index contributed by atoms with van der Waals surface area (Å²) in [6.07, 6.45) is 3.68. The van der Waals surface area contributed by atoms with Crippen LogP contribution in [-0.2, 0) is 0 Å². The zero-order valence-electron chi connectivity index (χ0n) is 17.8. The number of imidazole rings is 1. The molecule has 2 N–H and O–H groups in total. The molecule has 1 aromatic heterocycles. The number of guanidine groups is 1. The van der Waals surface area contributed by atoms with E-state index in [1.54, 1.807) is 25.6 Å². The fourth-order valence-corrected chi connectivity index (χ4v) is 3.74. The topological polar surface area (TPSA) is 87.0 Å². The van der Waals surface area contributed by atoms with Crippen molar-refractivity contribution in [2.75, 3.05) is 7.11 Å². The van der Waals surface area contributed by atoms with Gasteiger partial charge in [-0.15, -0.1) is 4.99 Å². The van der Waals surface area contributed by atoms with E-state index < -0.39 is 0 Å². The quantitative estimate of drug-likeness (QED) is 0.602. The molecule has 9 heteroatoms. The maximum atomic E-state index is 6.31. The predicted octanol–water partition coefficient (Wildman–Crippen LogP) is 4.24. The molecule has 2 heterocycles. The summed E-state index contributed by atoms with van der Waals surface area (Å²) in [5.41, 5.74) is 8.61. The van der Waals surface area contributed by atoms with Gasteiger partial charge in [0, 0.05) is 18.3 Å². The molecule has 0 radical (unpaired) electrons. The van der Waals surface area contributed by atoms with E-state index in [4.69, 9.17) is 26.8 Å². The van der Waals surface area contributed by atoms with E-state index in [-0.39, 0.29) is 16.6 Å². The zero-order chi connectivity index (χ0) is 22.2. The lowest BCUT2D eigenvalue weighted by atomic mass is 10.2. The normalized spacial score (nSPS) is 18.1. The van der Waals surface area contributed by atoms with Gasteiger partial charge in [0.2, 0.25) is 0 Å². The lowest BCUT2D eigenvalue weighted by Gasteiger charge is -2.31. The fourth-order valence-electron chi connectivity index (χ4n) is 3.57. The third-order valence-electron chi connectivity index (χ3n) is 5.09. The molecular formula is C22H24ClN6O2+. The van der Waals surface area contributed by atoms with Gasteiger partial charge in [0.15, 0.2) is 11.4 Å². The number of methoxy groups -OCH3 is 1. The molecule has 0 bridgehead atoms. The molecule has 1 aliphatic rings. The van der Waals surface area contributed by atoms with Gasteiger partial charge in [-0.05, 0) is 44.1 Å². The Morgan fingerprint density at radius 2 is 1.90 bits per heavy atom. The van der Waals surface area contributed by atoms with Gasteiger partial charge in [-0.25, -0.2) is 4.98 Å². The molecular weight excluding hydrogens is 416 g/mol. The number of rotatable bonds is 5. The van der Waals surface area contributed by atoms with Crippen molar-refractivity contribution in [3.63, 3.8) is 0 Å². The second-order valence-corrected chi connectivity index (χ2v) is 7.85. The molecule has 1 aliphatic heterocycles. The molecule has 0 fully saturated rings. The van der Waals surface area contributed by atoms with Crippen molar-refractivity contribution in [2.45, 2.75) is 26.8 Å². The molecule has 0 amide bonds. The lowest BCUT2D eigenvalue weighted by Crippen LogP contribution is -2.55. The number of aryl methyl sites for hydroxylation is 1. The van der Waals surface area contributed by atoms with Crippen molar-refractivity contribution >= 4 is 29.3 Å². The van der Waals surface area contributed by atoms with Crippen LogP contribution in [0.2, 0.25) is 5.02 Å². The molecule has 0 spiro atoms. The number of para-hydroxylation sites is 1. The highest BCUT2D eigenvalue weighted by Gasteiger charge is 2.49. The summed E-state index contributed by atoms with van der Waals surface area (Å²) in [4.78, 5) is 8.70. The summed E-state index contributed by atoms with van der Waals surface area (Å²) in [6, 6.07) is 13.3. The minimum Gasteiger partial charge on any atom is -0.494 e. The Hall–Kier alpha value is -3.36. The third kappa shape index (κ3) is 3.64. The van der Waals surface area contributed by atoms with Crippen molar-refractivity contribution in [3.8, 4) is 17.2 Å². The number of halogens is 1. The van der Waals surface area contributed by atoms with Gasteiger partial charge in [-0.1, -0.05) is 28.3 Å². The number of nitrogens with zero attached hydrogens (tertiary/aromatic N) is 5. The maximum Gasteiger partial charge on any atom is 0.441 e. The van der Waals surface area contributed by atoms with Gasteiger partial charge in [0.25, 0.3) is 5.96 Å². The van der Waals surface area contributed by atoms with Crippen LogP contribution in [0.25, 0.3) is 5.69 Å². The van der Waals surface area contributed by atoms with Crippen LogP contribution in [0.3, 0.4) is 0 Å². The average molecular weight is 440 g/mol. The van der Waals surface area contributed by atoms with Crippen molar-refractivity contribution in [1.29, 1.82) is 0 Å². The van der Waals surface area contributed by atoms with Crippen LogP contribution in [0.5, 0.6) is 11.5 Å². The summed E-state index contributed by atoms with van der Waals surface area (Å²) in [7, 11) is 1.63. The smallest absolute Gasteiger partial charge is 0.441 e. The first-order valence-corrected chi connectivity index (χ1v) is 10.2. The fraction of sp³-hybridized carbons (Fsp3) is 0.227. The van der Waals surface area contributed by atoms with Crippen LogP contribution in [0.4, 0.5) is 5.69 Å². The maximum absolute atomic E-state index is 6.31. The van der Waals surface area contributed by atoms with Crippen molar-refractivity contribution < 1.29 is 9.47 Å². The molecule has 0 saturated carbocycles. The van der Waals surface area contributed by atoms with Crippen LogP contribution in [0, 0.1) is 6.92 Å². The Kier molecular flexibility index (Phi) is 5.43. The van der Waals surface area contributed by atoms with E-state index in [0.717, 1.165) is 17.1 Å². The Balaban J connectivity index is 1.82. The number of amidine groups is 1. The Bertz CT molecular complexity index is 1190. The Morgan fingerprint density at radius 1 is 1.13 bits per heavy atom. The van der Waals surface area contributed by atoms with Gasteiger partial charge in [0.05, 0.1) is 29.8 Å². The number of hydrogen-bond donors (Lipinski definition) is 1. The van der Waals surface area contributed by atoms with Crippen molar-refractivity contribution in [3.05, 3.63) is 65.7 Å². The summed E-state index contributed by atoms with van der Waals surface area (Å²) < 4.78 is 13.7. The van der Waals surface area contributed by atoms with E-state index in [2.05, 4.69) is 15.1 Å². The minimum atomic E-state index is -0.0756. The highest BCUT2D eigenvalue weighted by molar-refractivity contribution is 6.32. The molecule has 2 aromatic carbocycles. The summed E-state index contributed by atoms with van der Waals surface area (Å²) >= 11 is 6.31. The van der Waals surface area contributed by atoms with Gasteiger partial charge >= 0.3 is 6.02 Å². The molecule has 3 aromatic rings. The molecule has 8 nitrogen and oxygen atoms in total. The Labute approximate surface area is 185 Å². The van der Waals surface area contributed by atoms with Crippen LogP contribution in [0.15, 0.2) is 65.1 Å². The number of aromatic nitrogens is 2. The van der Waals surface area contributed by atoms with Crippen molar-refractivity contribution in [1.82, 2.24) is 14.1 Å². The van der Waals surface area contributed by atoms with Crippen LogP contribution >= 0.6 is 11.6 Å². The minimum absolute atomic E-state index is 0.0589. The first-order valence-electron chi connectivity index (χ1n) is 9.81. The monoisotopic (exact) mass is 439 g/mol. The summed E-state index contributed by atoms with van der Waals surface area (Å²) in [5.74, 6) is 1.27.